The van der Waals surface area contributed by atoms with Crippen LogP contribution in [-0.4, -0.2) is 38.8 Å². The molecule has 1 amide bonds. The van der Waals surface area contributed by atoms with E-state index in [9.17, 15) is 9.59 Å². The predicted octanol–water partition coefficient (Wildman–Crippen LogP) is 3.33. The summed E-state index contributed by atoms with van der Waals surface area (Å²) >= 11 is 1.47. The van der Waals surface area contributed by atoms with E-state index in [1.54, 1.807) is 6.07 Å². The van der Waals surface area contributed by atoms with Crippen LogP contribution in [0.1, 0.15) is 43.6 Å². The Morgan fingerprint density at radius 1 is 1.17 bits per heavy atom. The monoisotopic (exact) mass is 411 g/mol. The number of fused-ring (bicyclic) bond motifs is 1. The number of rotatable bonds is 7. The van der Waals surface area contributed by atoms with Crippen molar-refractivity contribution in [3.05, 3.63) is 51.5 Å². The van der Waals surface area contributed by atoms with Crippen LogP contribution in [0.25, 0.3) is 10.9 Å². The normalized spacial score (nSPS) is 14.9. The largest absolute Gasteiger partial charge is 0.310 e. The summed E-state index contributed by atoms with van der Waals surface area (Å²) in [7, 11) is 0. The van der Waals surface area contributed by atoms with Crippen molar-refractivity contribution in [2.24, 2.45) is 0 Å². The molecule has 29 heavy (non-hydrogen) atoms. The summed E-state index contributed by atoms with van der Waals surface area (Å²) in [6.45, 7) is 3.11. The second kappa shape index (κ2) is 9.28. The predicted molar refractivity (Wildman–Crippen MR) is 115 cm³/mol. The van der Waals surface area contributed by atoms with E-state index < -0.39 is 0 Å². The number of hydrogen-bond acceptors (Lipinski definition) is 6. The van der Waals surface area contributed by atoms with Crippen LogP contribution in [0.4, 0.5) is 5.13 Å². The maximum Gasteiger partial charge on any atom is 0.258 e. The number of thiazole rings is 1. The summed E-state index contributed by atoms with van der Waals surface area (Å²) in [4.78, 5) is 38.6. The molecule has 1 fully saturated rings. The number of aryl methyl sites for hydroxylation is 1. The molecule has 1 saturated heterocycles. The number of aromatic amines is 1. The highest BCUT2D eigenvalue weighted by Crippen LogP contribution is 2.19. The fourth-order valence-corrected chi connectivity index (χ4v) is 4.35. The van der Waals surface area contributed by atoms with Gasteiger partial charge in [-0.1, -0.05) is 18.6 Å². The number of anilines is 1. The van der Waals surface area contributed by atoms with Gasteiger partial charge in [-0.15, -0.1) is 11.3 Å². The number of nitrogens with zero attached hydrogens (tertiary/aromatic N) is 3. The maximum absolute atomic E-state index is 12.2. The Kier molecular flexibility index (Phi) is 6.31. The molecule has 2 aromatic heterocycles. The van der Waals surface area contributed by atoms with Gasteiger partial charge in [-0.25, -0.2) is 9.97 Å². The van der Waals surface area contributed by atoms with Crippen LogP contribution in [0.15, 0.2) is 34.4 Å². The lowest BCUT2D eigenvalue weighted by Crippen LogP contribution is -2.29. The first-order valence-corrected chi connectivity index (χ1v) is 11.0. The standard InChI is InChI=1S/C21H25N5O2S/c27-19(25-21-22-15(14-29-21)13-26-11-4-1-5-12-26)10-6-9-18-23-17-8-3-2-7-16(17)20(28)24-18/h2-3,7-8,14H,1,4-6,9-13H2,(H,22,25,27)(H,23,24,28). The van der Waals surface area contributed by atoms with E-state index in [1.807, 2.05) is 23.6 Å². The molecule has 0 radical (unpaired) electrons. The van der Waals surface area contributed by atoms with Gasteiger partial charge in [-0.2, -0.15) is 0 Å². The SMILES string of the molecule is O=C(CCCc1nc2ccccc2c(=O)[nH]1)Nc1nc(CN2CCCCC2)cs1. The Morgan fingerprint density at radius 3 is 2.86 bits per heavy atom. The Morgan fingerprint density at radius 2 is 2.00 bits per heavy atom. The van der Waals surface area contributed by atoms with Crippen LogP contribution >= 0.6 is 11.3 Å². The van der Waals surface area contributed by atoms with Crippen molar-refractivity contribution in [2.45, 2.75) is 45.1 Å². The molecule has 1 aliphatic rings. The van der Waals surface area contributed by atoms with Gasteiger partial charge in [0.05, 0.1) is 16.6 Å². The highest BCUT2D eigenvalue weighted by molar-refractivity contribution is 7.13. The van der Waals surface area contributed by atoms with E-state index in [0.717, 1.165) is 25.3 Å². The van der Waals surface area contributed by atoms with E-state index in [1.165, 1.54) is 30.6 Å². The molecule has 3 aromatic rings. The zero-order valence-electron chi connectivity index (χ0n) is 16.3. The highest BCUT2D eigenvalue weighted by Gasteiger charge is 2.13. The lowest BCUT2D eigenvalue weighted by atomic mass is 10.1. The van der Waals surface area contributed by atoms with Crippen LogP contribution in [-0.2, 0) is 17.8 Å². The third-order valence-electron chi connectivity index (χ3n) is 5.11. The fraction of sp³-hybridized carbons (Fsp3) is 0.429. The number of piperidine rings is 1. The Balaban J connectivity index is 1.26. The van der Waals surface area contributed by atoms with Crippen molar-refractivity contribution in [1.82, 2.24) is 19.9 Å². The molecule has 0 atom stereocenters. The van der Waals surface area contributed by atoms with Gasteiger partial charge in [0.25, 0.3) is 5.56 Å². The van der Waals surface area contributed by atoms with E-state index in [0.29, 0.717) is 41.1 Å². The van der Waals surface area contributed by atoms with Gasteiger partial charge >= 0.3 is 0 Å². The molecule has 2 N–H and O–H groups in total. The van der Waals surface area contributed by atoms with Crippen LogP contribution in [0, 0.1) is 0 Å². The summed E-state index contributed by atoms with van der Waals surface area (Å²) in [6, 6.07) is 7.26. The van der Waals surface area contributed by atoms with Crippen molar-refractivity contribution in [2.75, 3.05) is 18.4 Å². The van der Waals surface area contributed by atoms with E-state index in [4.69, 9.17) is 0 Å². The van der Waals surface area contributed by atoms with Crippen LogP contribution in [0.5, 0.6) is 0 Å². The number of amides is 1. The second-order valence-corrected chi connectivity index (χ2v) is 8.27. The molecule has 0 aliphatic carbocycles. The lowest BCUT2D eigenvalue weighted by Gasteiger charge is -2.25. The summed E-state index contributed by atoms with van der Waals surface area (Å²) in [6.07, 6.45) is 5.34. The minimum atomic E-state index is -0.140. The minimum absolute atomic E-state index is 0.0630. The lowest BCUT2D eigenvalue weighted by molar-refractivity contribution is -0.116. The van der Waals surface area contributed by atoms with Gasteiger partial charge in [-0.05, 0) is 44.5 Å². The van der Waals surface area contributed by atoms with E-state index >= 15 is 0 Å². The smallest absolute Gasteiger partial charge is 0.258 e. The van der Waals surface area contributed by atoms with Gasteiger partial charge in [0.2, 0.25) is 5.91 Å². The number of para-hydroxylation sites is 1. The number of carbonyl (C=O) groups excluding carboxylic acids is 1. The van der Waals surface area contributed by atoms with Gasteiger partial charge in [0.15, 0.2) is 5.13 Å². The van der Waals surface area contributed by atoms with Crippen LogP contribution in [0.2, 0.25) is 0 Å². The van der Waals surface area contributed by atoms with E-state index in [2.05, 4.69) is 25.2 Å². The van der Waals surface area contributed by atoms with Crippen molar-refractivity contribution in [1.29, 1.82) is 0 Å². The van der Waals surface area contributed by atoms with Gasteiger partial charge in [0, 0.05) is 24.8 Å². The quantitative estimate of drug-likeness (QED) is 0.622. The first-order valence-electron chi connectivity index (χ1n) is 10.1. The number of nitrogens with one attached hydrogen (secondary N) is 2. The van der Waals surface area contributed by atoms with Crippen molar-refractivity contribution in [3.63, 3.8) is 0 Å². The van der Waals surface area contributed by atoms with Gasteiger partial charge in [0.1, 0.15) is 5.82 Å². The molecule has 3 heterocycles. The number of aromatic nitrogens is 3. The molecular weight excluding hydrogens is 386 g/mol. The molecule has 0 bridgehead atoms. The molecular formula is C21H25N5O2S. The van der Waals surface area contributed by atoms with Crippen molar-refractivity contribution in [3.8, 4) is 0 Å². The summed E-state index contributed by atoms with van der Waals surface area (Å²) < 4.78 is 0. The topological polar surface area (TPSA) is 91.0 Å². The Labute approximate surface area is 173 Å². The van der Waals surface area contributed by atoms with Gasteiger partial charge < -0.3 is 10.3 Å². The van der Waals surface area contributed by atoms with Crippen molar-refractivity contribution >= 4 is 33.3 Å². The number of hydrogen-bond donors (Lipinski definition) is 2. The molecule has 4 rings (SSSR count). The fourth-order valence-electron chi connectivity index (χ4n) is 3.64. The average molecular weight is 412 g/mol. The third kappa shape index (κ3) is 5.27. The van der Waals surface area contributed by atoms with Gasteiger partial charge in [-0.3, -0.25) is 14.5 Å². The molecule has 0 saturated carbocycles. The molecule has 152 valence electrons. The highest BCUT2D eigenvalue weighted by atomic mass is 32.1. The number of H-pyrrole nitrogens is 1. The second-order valence-electron chi connectivity index (χ2n) is 7.41. The molecule has 8 heteroatoms. The Hall–Kier alpha value is -2.58. The zero-order chi connectivity index (χ0) is 20.1. The zero-order valence-corrected chi connectivity index (χ0v) is 17.1. The van der Waals surface area contributed by atoms with Crippen molar-refractivity contribution < 1.29 is 4.79 Å². The maximum atomic E-state index is 12.2. The van der Waals surface area contributed by atoms with Crippen LogP contribution in [0.3, 0.4) is 0 Å². The molecule has 0 unspecified atom stereocenters. The average Bonchev–Trinajstić information content (AvgIpc) is 3.15. The molecule has 0 spiro atoms. The molecule has 1 aliphatic heterocycles. The summed E-state index contributed by atoms with van der Waals surface area (Å²) in [5.74, 6) is 0.548. The van der Waals surface area contributed by atoms with Crippen LogP contribution < -0.4 is 10.9 Å². The molecule has 7 nitrogen and oxygen atoms in total. The summed E-state index contributed by atoms with van der Waals surface area (Å²) in [5, 5.41) is 6.14. The first kappa shape index (κ1) is 19.7. The number of carbonyl (C=O) groups is 1. The molecule has 1 aromatic carbocycles. The first-order chi connectivity index (χ1) is 14.2. The van der Waals surface area contributed by atoms with E-state index in [-0.39, 0.29) is 11.5 Å². The Bertz CT molecular complexity index is 1040. The summed E-state index contributed by atoms with van der Waals surface area (Å²) in [5.41, 5.74) is 1.56. The minimum Gasteiger partial charge on any atom is -0.310 e. The number of likely N-dealkylation sites (tertiary alicyclic amines) is 1. The third-order valence-corrected chi connectivity index (χ3v) is 5.92. The number of benzene rings is 1.